The molecule has 23 heavy (non-hydrogen) atoms. The maximum Gasteiger partial charge on any atom is 0.176 e. The lowest BCUT2D eigenvalue weighted by Gasteiger charge is -2.16. The molecule has 4 heterocycles. The molecular formula is C17H19N5O. The van der Waals surface area contributed by atoms with Crippen molar-refractivity contribution >= 4 is 5.82 Å². The van der Waals surface area contributed by atoms with Crippen LogP contribution in [0.25, 0.3) is 5.82 Å². The molecule has 1 saturated heterocycles. The predicted molar refractivity (Wildman–Crippen MR) is 86.9 cm³/mol. The first kappa shape index (κ1) is 14.0. The van der Waals surface area contributed by atoms with Crippen LogP contribution in [0, 0.1) is 13.8 Å². The van der Waals surface area contributed by atoms with E-state index in [-0.39, 0.29) is 0 Å². The summed E-state index contributed by atoms with van der Waals surface area (Å²) in [6, 6.07) is 10.0. The van der Waals surface area contributed by atoms with Gasteiger partial charge in [-0.25, -0.2) is 4.68 Å². The maximum absolute atomic E-state index is 5.52. The molecule has 0 bridgehead atoms. The summed E-state index contributed by atoms with van der Waals surface area (Å²) in [5, 5.41) is 13.2. The highest BCUT2D eigenvalue weighted by atomic mass is 16.3. The minimum absolute atomic E-state index is 0.433. The highest BCUT2D eigenvalue weighted by Gasteiger charge is 2.26. The van der Waals surface area contributed by atoms with Gasteiger partial charge in [-0.1, -0.05) is 0 Å². The van der Waals surface area contributed by atoms with Crippen LogP contribution in [0.15, 0.2) is 41.0 Å². The first-order chi connectivity index (χ1) is 11.2. The Balaban J connectivity index is 1.52. The molecule has 0 spiro atoms. The molecule has 0 radical (unpaired) electrons. The average Bonchev–Trinajstić information content (AvgIpc) is 3.27. The zero-order valence-electron chi connectivity index (χ0n) is 13.3. The van der Waals surface area contributed by atoms with Crippen molar-refractivity contribution in [1.82, 2.24) is 20.0 Å². The van der Waals surface area contributed by atoms with Crippen molar-refractivity contribution in [2.75, 3.05) is 18.0 Å². The third-order valence-corrected chi connectivity index (χ3v) is 4.32. The summed E-state index contributed by atoms with van der Waals surface area (Å²) in [5.74, 6) is 3.15. The molecule has 4 rings (SSSR count). The van der Waals surface area contributed by atoms with Gasteiger partial charge >= 0.3 is 0 Å². The van der Waals surface area contributed by atoms with E-state index in [1.54, 1.807) is 6.26 Å². The lowest BCUT2D eigenvalue weighted by atomic mass is 10.1. The van der Waals surface area contributed by atoms with E-state index in [1.165, 1.54) is 0 Å². The fourth-order valence-electron chi connectivity index (χ4n) is 3.18. The summed E-state index contributed by atoms with van der Waals surface area (Å²) in [4.78, 5) is 2.26. The summed E-state index contributed by atoms with van der Waals surface area (Å²) in [5.41, 5.74) is 2.04. The second kappa shape index (κ2) is 5.53. The number of nitrogens with zero attached hydrogens (tertiary/aromatic N) is 5. The molecule has 1 fully saturated rings. The maximum atomic E-state index is 5.52. The van der Waals surface area contributed by atoms with Crippen molar-refractivity contribution in [2.24, 2.45) is 0 Å². The van der Waals surface area contributed by atoms with Crippen LogP contribution in [0.1, 0.15) is 29.5 Å². The molecule has 0 N–H and O–H groups in total. The second-order valence-electron chi connectivity index (χ2n) is 6.04. The van der Waals surface area contributed by atoms with Gasteiger partial charge in [0.1, 0.15) is 5.76 Å². The molecule has 1 atom stereocenters. The van der Waals surface area contributed by atoms with Gasteiger partial charge in [0.25, 0.3) is 0 Å². The zero-order valence-corrected chi connectivity index (χ0v) is 13.3. The van der Waals surface area contributed by atoms with Crippen molar-refractivity contribution in [3.63, 3.8) is 0 Å². The van der Waals surface area contributed by atoms with Gasteiger partial charge in [0.2, 0.25) is 0 Å². The van der Waals surface area contributed by atoms with Gasteiger partial charge < -0.3 is 9.32 Å². The molecular weight excluding hydrogens is 290 g/mol. The van der Waals surface area contributed by atoms with Crippen molar-refractivity contribution in [1.29, 1.82) is 0 Å². The molecule has 3 aromatic heterocycles. The van der Waals surface area contributed by atoms with Crippen LogP contribution in [-0.4, -0.2) is 33.1 Å². The molecule has 0 saturated carbocycles. The summed E-state index contributed by atoms with van der Waals surface area (Å²) in [7, 11) is 0. The SMILES string of the molecule is Cc1cc(C)n(-c2ccc(N3CCC(c4ccco4)C3)nn2)n1. The van der Waals surface area contributed by atoms with Gasteiger partial charge in [-0.15, -0.1) is 10.2 Å². The largest absolute Gasteiger partial charge is 0.469 e. The number of rotatable bonds is 3. The first-order valence-corrected chi connectivity index (χ1v) is 7.86. The average molecular weight is 309 g/mol. The molecule has 1 unspecified atom stereocenters. The molecule has 6 nitrogen and oxygen atoms in total. The molecule has 0 aliphatic carbocycles. The number of aryl methyl sites for hydroxylation is 2. The minimum Gasteiger partial charge on any atom is -0.469 e. The summed E-state index contributed by atoms with van der Waals surface area (Å²) in [6.07, 6.45) is 2.81. The van der Waals surface area contributed by atoms with Crippen LogP contribution in [0.2, 0.25) is 0 Å². The van der Waals surface area contributed by atoms with E-state index >= 15 is 0 Å². The van der Waals surface area contributed by atoms with Crippen LogP contribution >= 0.6 is 0 Å². The number of furan rings is 1. The van der Waals surface area contributed by atoms with Crippen molar-refractivity contribution in [3.05, 3.63) is 53.7 Å². The first-order valence-electron chi connectivity index (χ1n) is 7.86. The van der Waals surface area contributed by atoms with Crippen LogP contribution in [0.4, 0.5) is 5.82 Å². The van der Waals surface area contributed by atoms with Gasteiger partial charge in [-0.3, -0.25) is 0 Å². The van der Waals surface area contributed by atoms with E-state index in [4.69, 9.17) is 4.42 Å². The quantitative estimate of drug-likeness (QED) is 0.744. The molecule has 1 aliphatic rings. The molecule has 1 aliphatic heterocycles. The Kier molecular flexibility index (Phi) is 3.37. The Morgan fingerprint density at radius 3 is 2.61 bits per heavy atom. The monoisotopic (exact) mass is 309 g/mol. The van der Waals surface area contributed by atoms with E-state index in [0.717, 1.165) is 48.3 Å². The van der Waals surface area contributed by atoms with E-state index in [1.807, 2.05) is 48.9 Å². The number of anilines is 1. The Hall–Kier alpha value is -2.63. The molecule has 0 aromatic carbocycles. The zero-order chi connectivity index (χ0) is 15.8. The predicted octanol–water partition coefficient (Wildman–Crippen LogP) is 2.87. The Bertz CT molecular complexity index is 791. The summed E-state index contributed by atoms with van der Waals surface area (Å²) in [6.45, 7) is 5.88. The normalized spacial score (nSPS) is 17.8. The van der Waals surface area contributed by atoms with Gasteiger partial charge in [-0.05, 0) is 50.6 Å². The lowest BCUT2D eigenvalue weighted by molar-refractivity contribution is 0.475. The molecule has 0 amide bonds. The number of aromatic nitrogens is 4. The highest BCUT2D eigenvalue weighted by molar-refractivity contribution is 5.42. The van der Waals surface area contributed by atoms with Crippen LogP contribution < -0.4 is 4.90 Å². The van der Waals surface area contributed by atoms with Crippen LogP contribution in [-0.2, 0) is 0 Å². The van der Waals surface area contributed by atoms with Gasteiger partial charge in [0.05, 0.1) is 12.0 Å². The van der Waals surface area contributed by atoms with Crippen LogP contribution in [0.5, 0.6) is 0 Å². The van der Waals surface area contributed by atoms with Crippen LogP contribution in [0.3, 0.4) is 0 Å². The van der Waals surface area contributed by atoms with E-state index in [2.05, 4.69) is 20.2 Å². The van der Waals surface area contributed by atoms with Crippen molar-refractivity contribution in [3.8, 4) is 5.82 Å². The minimum atomic E-state index is 0.433. The van der Waals surface area contributed by atoms with Crippen molar-refractivity contribution < 1.29 is 4.42 Å². The Morgan fingerprint density at radius 2 is 1.96 bits per heavy atom. The summed E-state index contributed by atoms with van der Waals surface area (Å²) < 4.78 is 7.34. The van der Waals surface area contributed by atoms with Gasteiger partial charge in [0, 0.05) is 24.7 Å². The Labute approximate surface area is 134 Å². The van der Waals surface area contributed by atoms with E-state index in [0.29, 0.717) is 5.92 Å². The fourth-order valence-corrected chi connectivity index (χ4v) is 3.18. The number of hydrogen-bond donors (Lipinski definition) is 0. The molecule has 3 aromatic rings. The second-order valence-corrected chi connectivity index (χ2v) is 6.04. The third-order valence-electron chi connectivity index (χ3n) is 4.32. The molecule has 118 valence electrons. The van der Waals surface area contributed by atoms with Crippen molar-refractivity contribution in [2.45, 2.75) is 26.2 Å². The lowest BCUT2D eigenvalue weighted by Crippen LogP contribution is -2.21. The third kappa shape index (κ3) is 2.60. The summed E-state index contributed by atoms with van der Waals surface area (Å²) >= 11 is 0. The molecule has 6 heteroatoms. The van der Waals surface area contributed by atoms with Gasteiger partial charge in [-0.2, -0.15) is 5.10 Å². The van der Waals surface area contributed by atoms with Gasteiger partial charge in [0.15, 0.2) is 11.6 Å². The van der Waals surface area contributed by atoms with E-state index in [9.17, 15) is 0 Å². The van der Waals surface area contributed by atoms with E-state index < -0.39 is 0 Å². The standard InChI is InChI=1S/C17H19N5O/c1-12-10-13(2)22(20-12)17-6-5-16(18-19-17)21-8-7-14(11-21)15-4-3-9-23-15/h3-6,9-10,14H,7-8,11H2,1-2H3. The smallest absolute Gasteiger partial charge is 0.176 e. The Morgan fingerprint density at radius 1 is 1.13 bits per heavy atom. The highest BCUT2D eigenvalue weighted by Crippen LogP contribution is 2.29. The number of hydrogen-bond acceptors (Lipinski definition) is 5. The topological polar surface area (TPSA) is 60.0 Å². The fraction of sp³-hybridized carbons (Fsp3) is 0.353.